The number of ketones is 1. The van der Waals surface area contributed by atoms with E-state index in [1.165, 1.54) is 13.0 Å². The predicted octanol–water partition coefficient (Wildman–Crippen LogP) is 2.49. The third kappa shape index (κ3) is 2.88. The number of rotatable bonds is 5. The lowest BCUT2D eigenvalue weighted by atomic mass is 10.0. The van der Waals surface area contributed by atoms with E-state index in [1.54, 1.807) is 0 Å². The molecule has 0 aliphatic heterocycles. The molecule has 0 aliphatic rings. The van der Waals surface area contributed by atoms with Crippen molar-refractivity contribution in [2.75, 3.05) is 13.3 Å². The second-order valence-electron chi connectivity index (χ2n) is 3.43. The van der Waals surface area contributed by atoms with Gasteiger partial charge in [0.05, 0.1) is 6.61 Å². The Morgan fingerprint density at radius 3 is 2.56 bits per heavy atom. The number of esters is 1. The van der Waals surface area contributed by atoms with Crippen molar-refractivity contribution < 1.29 is 27.5 Å². The van der Waals surface area contributed by atoms with E-state index in [9.17, 15) is 22.8 Å². The molecule has 0 N–H and O–H groups in total. The van der Waals surface area contributed by atoms with Crippen molar-refractivity contribution in [3.63, 3.8) is 0 Å². The van der Waals surface area contributed by atoms with E-state index < -0.39 is 29.9 Å². The molecular weight excluding hydrogens is 249 g/mol. The lowest BCUT2D eigenvalue weighted by Gasteiger charge is -2.15. The molecular formula is C12H11F3O3. The fourth-order valence-electron chi connectivity index (χ4n) is 1.30. The third-order valence-corrected chi connectivity index (χ3v) is 2.20. The van der Waals surface area contributed by atoms with Crippen LogP contribution in [0.2, 0.25) is 0 Å². The Morgan fingerprint density at radius 2 is 2.00 bits per heavy atom. The fraction of sp³-hybridized carbons (Fsp3) is 0.333. The average molecular weight is 260 g/mol. The summed E-state index contributed by atoms with van der Waals surface area (Å²) in [6.07, 6.45) is 0. The fourth-order valence-corrected chi connectivity index (χ4v) is 1.30. The smallest absolute Gasteiger partial charge is 0.381 e. The number of hydrogen-bond acceptors (Lipinski definition) is 3. The highest BCUT2D eigenvalue weighted by atomic mass is 19.3. The summed E-state index contributed by atoms with van der Waals surface area (Å²) >= 11 is 0. The molecule has 0 unspecified atom stereocenters. The van der Waals surface area contributed by atoms with Crippen LogP contribution in [0.4, 0.5) is 13.2 Å². The van der Waals surface area contributed by atoms with E-state index in [4.69, 9.17) is 0 Å². The number of alkyl halides is 3. The Balaban J connectivity index is 3.09. The molecule has 98 valence electrons. The highest BCUT2D eigenvalue weighted by Gasteiger charge is 2.42. The van der Waals surface area contributed by atoms with Crippen LogP contribution in [0.25, 0.3) is 0 Å². The summed E-state index contributed by atoms with van der Waals surface area (Å²) in [5, 5.41) is 0. The molecule has 0 bridgehead atoms. The van der Waals surface area contributed by atoms with Gasteiger partial charge in [0.25, 0.3) is 0 Å². The maximum Gasteiger partial charge on any atom is 0.381 e. The topological polar surface area (TPSA) is 43.4 Å². The largest absolute Gasteiger partial charge is 0.461 e. The van der Waals surface area contributed by atoms with Crippen molar-refractivity contribution in [3.05, 3.63) is 35.4 Å². The maximum atomic E-state index is 13.6. The first-order valence-corrected chi connectivity index (χ1v) is 5.18. The second kappa shape index (κ2) is 5.66. The summed E-state index contributed by atoms with van der Waals surface area (Å²) < 4.78 is 43.6. The second-order valence-corrected chi connectivity index (χ2v) is 3.43. The molecule has 0 spiro atoms. The first-order chi connectivity index (χ1) is 8.43. The van der Waals surface area contributed by atoms with Gasteiger partial charge in [-0.25, -0.2) is 9.18 Å². The van der Waals surface area contributed by atoms with Gasteiger partial charge in [-0.3, -0.25) is 4.79 Å². The number of ether oxygens (including phenoxy) is 1. The quantitative estimate of drug-likeness (QED) is 0.603. The Bertz CT molecular complexity index is 458. The molecule has 0 saturated carbocycles. The lowest BCUT2D eigenvalue weighted by molar-refractivity contribution is -0.173. The molecule has 0 amide bonds. The summed E-state index contributed by atoms with van der Waals surface area (Å²) in [5.74, 6) is -6.48. The van der Waals surface area contributed by atoms with Gasteiger partial charge in [-0.2, -0.15) is 8.78 Å². The molecule has 0 atom stereocenters. The van der Waals surface area contributed by atoms with Gasteiger partial charge in [0.1, 0.15) is 0 Å². The number of benzene rings is 1. The van der Waals surface area contributed by atoms with Crippen LogP contribution in [0.5, 0.6) is 0 Å². The Morgan fingerprint density at radius 1 is 1.33 bits per heavy atom. The minimum atomic E-state index is -3.86. The summed E-state index contributed by atoms with van der Waals surface area (Å²) in [7, 11) is 0. The van der Waals surface area contributed by atoms with Crippen LogP contribution in [0.15, 0.2) is 24.3 Å². The molecule has 3 nitrogen and oxygen atoms in total. The van der Waals surface area contributed by atoms with E-state index >= 15 is 0 Å². The SMILES string of the molecule is CCOC(=O)C(F)(F)c1cccc(C(=O)CF)c1. The molecule has 1 rings (SSSR count). The highest BCUT2D eigenvalue weighted by molar-refractivity contribution is 5.97. The number of halogens is 3. The van der Waals surface area contributed by atoms with Crippen molar-refractivity contribution in [2.24, 2.45) is 0 Å². The number of hydrogen-bond donors (Lipinski definition) is 0. The number of Topliss-reactive ketones (excluding diaryl/α,β-unsaturated/α-hetero) is 1. The van der Waals surface area contributed by atoms with E-state index in [1.807, 2.05) is 0 Å². The minimum Gasteiger partial charge on any atom is -0.461 e. The predicted molar refractivity (Wildman–Crippen MR) is 57.3 cm³/mol. The molecule has 1 aromatic carbocycles. The zero-order valence-corrected chi connectivity index (χ0v) is 9.58. The molecule has 0 saturated heterocycles. The van der Waals surface area contributed by atoms with Crippen LogP contribution in [0.1, 0.15) is 22.8 Å². The van der Waals surface area contributed by atoms with Crippen LogP contribution in [0, 0.1) is 0 Å². The van der Waals surface area contributed by atoms with Gasteiger partial charge in [-0.15, -0.1) is 0 Å². The van der Waals surface area contributed by atoms with Gasteiger partial charge in [0.15, 0.2) is 12.5 Å². The molecule has 0 radical (unpaired) electrons. The van der Waals surface area contributed by atoms with E-state index in [0.717, 1.165) is 18.2 Å². The van der Waals surface area contributed by atoms with Gasteiger partial charge in [0.2, 0.25) is 0 Å². The van der Waals surface area contributed by atoms with E-state index in [2.05, 4.69) is 4.74 Å². The van der Waals surface area contributed by atoms with Crippen molar-refractivity contribution >= 4 is 11.8 Å². The third-order valence-electron chi connectivity index (χ3n) is 2.20. The van der Waals surface area contributed by atoms with Gasteiger partial charge < -0.3 is 4.74 Å². The highest BCUT2D eigenvalue weighted by Crippen LogP contribution is 2.30. The van der Waals surface area contributed by atoms with E-state index in [0.29, 0.717) is 0 Å². The molecule has 1 aromatic rings. The monoisotopic (exact) mass is 260 g/mol. The summed E-state index contributed by atoms with van der Waals surface area (Å²) in [5.41, 5.74) is -0.903. The maximum absolute atomic E-state index is 13.6. The zero-order chi connectivity index (χ0) is 13.8. The molecule has 6 heteroatoms. The van der Waals surface area contributed by atoms with Crippen molar-refractivity contribution in [1.29, 1.82) is 0 Å². The molecule has 18 heavy (non-hydrogen) atoms. The van der Waals surface area contributed by atoms with Crippen LogP contribution < -0.4 is 0 Å². The molecule has 0 fully saturated rings. The molecule has 0 aromatic heterocycles. The van der Waals surface area contributed by atoms with Gasteiger partial charge >= 0.3 is 11.9 Å². The van der Waals surface area contributed by atoms with Crippen LogP contribution in [0.3, 0.4) is 0 Å². The van der Waals surface area contributed by atoms with Crippen molar-refractivity contribution in [2.45, 2.75) is 12.8 Å². The summed E-state index contributed by atoms with van der Waals surface area (Å²) in [4.78, 5) is 22.1. The Kier molecular flexibility index (Phi) is 4.47. The lowest BCUT2D eigenvalue weighted by Crippen LogP contribution is -2.28. The summed E-state index contributed by atoms with van der Waals surface area (Å²) in [6.45, 7) is -0.0665. The van der Waals surface area contributed by atoms with Gasteiger partial charge in [0, 0.05) is 11.1 Å². The number of carbonyl (C=O) groups excluding carboxylic acids is 2. The van der Waals surface area contributed by atoms with Crippen molar-refractivity contribution in [1.82, 2.24) is 0 Å². The van der Waals surface area contributed by atoms with Crippen LogP contribution in [-0.4, -0.2) is 25.0 Å². The van der Waals surface area contributed by atoms with Gasteiger partial charge in [-0.05, 0) is 13.0 Å². The summed E-state index contributed by atoms with van der Waals surface area (Å²) in [6, 6.07) is 4.13. The Hall–Kier alpha value is -1.85. The Labute approximate surface area is 102 Å². The first kappa shape index (κ1) is 14.2. The molecule has 0 heterocycles. The normalized spacial score (nSPS) is 11.1. The zero-order valence-electron chi connectivity index (χ0n) is 9.58. The minimum absolute atomic E-state index is 0.183. The standard InChI is InChI=1S/C12H11F3O3/c1-2-18-11(17)12(14,15)9-5-3-4-8(6-9)10(16)7-13/h3-6H,2,7H2,1H3. The van der Waals surface area contributed by atoms with E-state index in [-0.39, 0.29) is 12.2 Å². The number of carbonyl (C=O) groups is 2. The average Bonchev–Trinajstić information content (AvgIpc) is 2.38. The van der Waals surface area contributed by atoms with Crippen molar-refractivity contribution in [3.8, 4) is 0 Å². The van der Waals surface area contributed by atoms with Crippen LogP contribution >= 0.6 is 0 Å². The van der Waals surface area contributed by atoms with Crippen LogP contribution in [-0.2, 0) is 15.5 Å². The van der Waals surface area contributed by atoms with Gasteiger partial charge in [-0.1, -0.05) is 18.2 Å². The molecule has 0 aliphatic carbocycles. The first-order valence-electron chi connectivity index (χ1n) is 5.18.